The van der Waals surface area contributed by atoms with Crippen molar-refractivity contribution in [2.24, 2.45) is 0 Å². The molecular weight excluding hydrogens is 372 g/mol. The first kappa shape index (κ1) is 21.6. The summed E-state index contributed by atoms with van der Waals surface area (Å²) >= 11 is 0. The van der Waals surface area contributed by atoms with Gasteiger partial charge in [-0.1, -0.05) is 76.2 Å². The van der Waals surface area contributed by atoms with Gasteiger partial charge < -0.3 is 0 Å². The predicted octanol–water partition coefficient (Wildman–Crippen LogP) is 8.97. The van der Waals surface area contributed by atoms with Gasteiger partial charge in [-0.15, -0.1) is 0 Å². The second-order valence-corrected chi connectivity index (χ2v) is 10.1. The van der Waals surface area contributed by atoms with Gasteiger partial charge in [-0.25, -0.2) is 0 Å². The van der Waals surface area contributed by atoms with Crippen molar-refractivity contribution in [3.8, 4) is 22.3 Å². The lowest BCUT2D eigenvalue weighted by Gasteiger charge is -2.09. The summed E-state index contributed by atoms with van der Waals surface area (Å²) in [5, 5.41) is 0. The topological polar surface area (TPSA) is 0 Å². The molecule has 0 aromatic heterocycles. The molecule has 0 fully saturated rings. The SMILES string of the molecule is Cc1cc(Cc2cc(C)c3cc(C(C)C)ccc(C)c2-3)c2c(C)cc(C(C)C)ccc1-2. The summed E-state index contributed by atoms with van der Waals surface area (Å²) in [6.07, 6.45) is 0.985. The zero-order valence-corrected chi connectivity index (χ0v) is 20.5. The second-order valence-electron chi connectivity index (χ2n) is 10.1. The van der Waals surface area contributed by atoms with E-state index < -0.39 is 0 Å². The van der Waals surface area contributed by atoms with Crippen molar-refractivity contribution in [2.75, 3.05) is 0 Å². The van der Waals surface area contributed by atoms with Gasteiger partial charge in [-0.3, -0.25) is 0 Å². The van der Waals surface area contributed by atoms with Gasteiger partial charge in [0.15, 0.2) is 0 Å². The van der Waals surface area contributed by atoms with Crippen LogP contribution < -0.4 is 0 Å². The average molecular weight is 409 g/mol. The van der Waals surface area contributed by atoms with Crippen molar-refractivity contribution >= 4 is 0 Å². The number of hydrogen-bond donors (Lipinski definition) is 0. The van der Waals surface area contributed by atoms with Gasteiger partial charge in [0.05, 0.1) is 0 Å². The van der Waals surface area contributed by atoms with Crippen molar-refractivity contribution < 1.29 is 0 Å². The van der Waals surface area contributed by atoms with Crippen molar-refractivity contribution in [1.82, 2.24) is 0 Å². The molecule has 4 aliphatic rings. The number of hydrogen-bond acceptors (Lipinski definition) is 0. The Morgan fingerprint density at radius 3 is 1.65 bits per heavy atom. The van der Waals surface area contributed by atoms with Gasteiger partial charge in [-0.05, 0) is 113 Å². The minimum absolute atomic E-state index is 0.534. The molecule has 160 valence electrons. The van der Waals surface area contributed by atoms with Crippen molar-refractivity contribution in [3.63, 3.8) is 0 Å². The minimum atomic E-state index is 0.534. The fourth-order valence-electron chi connectivity index (χ4n) is 5.17. The smallest absolute Gasteiger partial charge is 0.00130 e. The highest BCUT2D eigenvalue weighted by Gasteiger charge is 2.21. The Balaban J connectivity index is 1.86. The van der Waals surface area contributed by atoms with Gasteiger partial charge in [0.1, 0.15) is 0 Å². The molecular formula is C31H36. The minimum Gasteiger partial charge on any atom is -0.0587 e. The van der Waals surface area contributed by atoms with Crippen molar-refractivity contribution in [1.29, 1.82) is 0 Å². The van der Waals surface area contributed by atoms with Crippen LogP contribution in [-0.4, -0.2) is 0 Å². The summed E-state index contributed by atoms with van der Waals surface area (Å²) in [5.41, 5.74) is 17.0. The Labute approximate surface area is 189 Å². The van der Waals surface area contributed by atoms with Crippen LogP contribution in [0.2, 0.25) is 0 Å². The lowest BCUT2D eigenvalue weighted by molar-refractivity contribution is 0.867. The summed E-state index contributed by atoms with van der Waals surface area (Å²) in [5.74, 6) is 1.07. The molecule has 0 aromatic rings. The summed E-state index contributed by atoms with van der Waals surface area (Å²) in [7, 11) is 0. The Bertz CT molecular complexity index is 1190. The van der Waals surface area contributed by atoms with E-state index in [0.717, 1.165) is 6.42 Å². The first-order chi connectivity index (χ1) is 14.7. The van der Waals surface area contributed by atoms with Crippen molar-refractivity contribution in [3.05, 3.63) is 93.0 Å². The van der Waals surface area contributed by atoms with Gasteiger partial charge in [0.2, 0.25) is 0 Å². The third-order valence-electron chi connectivity index (χ3n) is 6.98. The number of rotatable bonds is 4. The maximum atomic E-state index is 2.42. The molecule has 0 heteroatoms. The maximum absolute atomic E-state index is 2.42. The van der Waals surface area contributed by atoms with Crippen LogP contribution in [0.1, 0.15) is 84.0 Å². The van der Waals surface area contributed by atoms with Crippen LogP contribution in [-0.2, 0) is 6.42 Å². The van der Waals surface area contributed by atoms with Crippen molar-refractivity contribution in [2.45, 2.75) is 73.6 Å². The predicted molar refractivity (Wildman–Crippen MR) is 136 cm³/mol. The lowest BCUT2D eigenvalue weighted by Crippen LogP contribution is -1.91. The molecule has 4 rings (SSSR count). The van der Waals surface area contributed by atoms with E-state index in [-0.39, 0.29) is 0 Å². The molecule has 4 aliphatic carbocycles. The fraction of sp³-hybridized carbons (Fsp3) is 0.355. The Kier molecular flexibility index (Phi) is 5.69. The van der Waals surface area contributed by atoms with Gasteiger partial charge in [0.25, 0.3) is 0 Å². The van der Waals surface area contributed by atoms with E-state index in [1.807, 2.05) is 0 Å². The molecule has 0 saturated heterocycles. The summed E-state index contributed by atoms with van der Waals surface area (Å²) in [6, 6.07) is 18.9. The van der Waals surface area contributed by atoms with E-state index in [2.05, 4.69) is 104 Å². The molecule has 0 radical (unpaired) electrons. The lowest BCUT2D eigenvalue weighted by atomic mass is 9.95. The van der Waals surface area contributed by atoms with Crippen LogP contribution in [0, 0.1) is 27.7 Å². The molecule has 0 atom stereocenters. The zero-order valence-electron chi connectivity index (χ0n) is 20.5. The molecule has 0 amide bonds. The molecule has 31 heavy (non-hydrogen) atoms. The Morgan fingerprint density at radius 2 is 1.03 bits per heavy atom. The van der Waals surface area contributed by atoms with Crippen LogP contribution in [0.5, 0.6) is 0 Å². The maximum Gasteiger partial charge on any atom is -0.00130 e. The second kappa shape index (κ2) is 8.15. The third-order valence-corrected chi connectivity index (χ3v) is 6.98. The molecule has 0 N–H and O–H groups in total. The van der Waals surface area contributed by atoms with Crippen LogP contribution in [0.25, 0.3) is 22.3 Å². The molecule has 0 nitrogen and oxygen atoms in total. The fourth-order valence-corrected chi connectivity index (χ4v) is 5.17. The highest BCUT2D eigenvalue weighted by atomic mass is 14.2. The summed E-state index contributed by atoms with van der Waals surface area (Å²) < 4.78 is 0. The standard InChI is InChI=1S/C31H36/c1-18(2)24-11-12-28-21(6)13-27(31(28)23(8)15-24)16-26-14-22(7)29-17-25(19(3)4)10-9-20(5)30(26)29/h9-15,17-19H,16H2,1-8H3. The number of aryl methyl sites for hydroxylation is 4. The van der Waals surface area contributed by atoms with E-state index in [0.29, 0.717) is 11.8 Å². The number of fused-ring (bicyclic) bond motifs is 2. The average Bonchev–Trinajstić information content (AvgIpc) is 3.00. The third kappa shape index (κ3) is 3.89. The molecule has 0 aromatic carbocycles. The van der Waals surface area contributed by atoms with Crippen LogP contribution >= 0.6 is 0 Å². The monoisotopic (exact) mass is 408 g/mol. The first-order valence-corrected chi connectivity index (χ1v) is 11.7. The zero-order chi connectivity index (χ0) is 22.4. The highest BCUT2D eigenvalue weighted by Crippen LogP contribution is 2.41. The van der Waals surface area contributed by atoms with E-state index in [9.17, 15) is 0 Å². The van der Waals surface area contributed by atoms with Crippen LogP contribution in [0.15, 0.2) is 48.5 Å². The van der Waals surface area contributed by atoms with E-state index >= 15 is 0 Å². The highest BCUT2D eigenvalue weighted by molar-refractivity contribution is 5.81. The quantitative estimate of drug-likeness (QED) is 0.316. The first-order valence-electron chi connectivity index (χ1n) is 11.7. The van der Waals surface area contributed by atoms with Crippen LogP contribution in [0.4, 0.5) is 0 Å². The molecule has 0 aliphatic heterocycles. The van der Waals surface area contributed by atoms with E-state index in [1.54, 1.807) is 0 Å². The normalized spacial score (nSPS) is 11.9. The summed E-state index contributed by atoms with van der Waals surface area (Å²) in [4.78, 5) is 0. The molecule has 0 bridgehead atoms. The van der Waals surface area contributed by atoms with E-state index in [4.69, 9.17) is 0 Å². The Morgan fingerprint density at radius 1 is 0.516 bits per heavy atom. The summed E-state index contributed by atoms with van der Waals surface area (Å²) in [6.45, 7) is 18.2. The van der Waals surface area contributed by atoms with Gasteiger partial charge >= 0.3 is 0 Å². The van der Waals surface area contributed by atoms with Gasteiger partial charge in [0, 0.05) is 0 Å². The molecule has 0 spiro atoms. The molecule has 0 saturated carbocycles. The van der Waals surface area contributed by atoms with Crippen LogP contribution in [0.3, 0.4) is 0 Å². The molecule has 0 heterocycles. The molecule has 0 unspecified atom stereocenters. The Hall–Kier alpha value is -2.60. The largest absolute Gasteiger partial charge is 0.0587 e. The van der Waals surface area contributed by atoms with Gasteiger partial charge in [-0.2, -0.15) is 0 Å². The van der Waals surface area contributed by atoms with E-state index in [1.165, 1.54) is 66.8 Å².